The number of hydrogen-bond donors (Lipinski definition) is 1. The normalized spacial score (nSPS) is 16.7. The van der Waals surface area contributed by atoms with E-state index >= 15 is 0 Å². The van der Waals surface area contributed by atoms with Crippen LogP contribution in [-0.4, -0.2) is 48.5 Å². The Balaban J connectivity index is 1.79. The Morgan fingerprint density at radius 1 is 0.974 bits per heavy atom. The molecule has 1 unspecified atom stereocenters. The van der Waals surface area contributed by atoms with Crippen LogP contribution in [0.1, 0.15) is 43.5 Å². The van der Waals surface area contributed by atoms with Crippen LogP contribution in [0.25, 0.3) is 5.76 Å². The van der Waals surface area contributed by atoms with Gasteiger partial charge in [-0.3, -0.25) is 9.59 Å². The molecule has 1 fully saturated rings. The van der Waals surface area contributed by atoms with Crippen molar-refractivity contribution in [3.8, 4) is 11.5 Å². The molecular weight excluding hydrogens is 480 g/mol. The molecule has 38 heavy (non-hydrogen) atoms. The van der Waals surface area contributed by atoms with Crippen molar-refractivity contribution in [1.29, 1.82) is 0 Å². The third-order valence-corrected chi connectivity index (χ3v) is 6.33. The van der Waals surface area contributed by atoms with Gasteiger partial charge in [0.2, 0.25) is 0 Å². The van der Waals surface area contributed by atoms with Gasteiger partial charge < -0.3 is 24.4 Å². The van der Waals surface area contributed by atoms with Gasteiger partial charge in [-0.25, -0.2) is 0 Å². The van der Waals surface area contributed by atoms with Gasteiger partial charge >= 0.3 is 0 Å². The number of rotatable bonds is 9. The van der Waals surface area contributed by atoms with Crippen LogP contribution in [0.2, 0.25) is 0 Å². The summed E-state index contributed by atoms with van der Waals surface area (Å²) in [6.45, 7) is 6.48. The summed E-state index contributed by atoms with van der Waals surface area (Å²) >= 11 is 0. The lowest BCUT2D eigenvalue weighted by Gasteiger charge is -2.26. The molecule has 0 aromatic heterocycles. The van der Waals surface area contributed by atoms with Crippen LogP contribution in [0.4, 0.5) is 5.69 Å². The number of amides is 1. The van der Waals surface area contributed by atoms with Gasteiger partial charge in [0, 0.05) is 31.9 Å². The fourth-order valence-electron chi connectivity index (χ4n) is 4.56. The van der Waals surface area contributed by atoms with E-state index in [1.807, 2.05) is 88.3 Å². The molecule has 1 aliphatic heterocycles. The van der Waals surface area contributed by atoms with Crippen molar-refractivity contribution in [2.75, 3.05) is 25.6 Å². The number of hydrogen-bond acceptors (Lipinski definition) is 6. The van der Waals surface area contributed by atoms with Crippen molar-refractivity contribution in [3.05, 3.63) is 95.1 Å². The first-order valence-electron chi connectivity index (χ1n) is 12.7. The minimum absolute atomic E-state index is 0.00568. The number of Topliss-reactive ketones (excluding diaryl/α,β-unsaturated/α-hetero) is 1. The first-order valence-corrected chi connectivity index (χ1v) is 12.7. The minimum Gasteiger partial charge on any atom is -0.507 e. The van der Waals surface area contributed by atoms with Crippen LogP contribution >= 0.6 is 0 Å². The molecule has 1 heterocycles. The molecule has 198 valence electrons. The largest absolute Gasteiger partial charge is 0.507 e. The van der Waals surface area contributed by atoms with E-state index < -0.39 is 17.7 Å². The Morgan fingerprint density at radius 2 is 1.66 bits per heavy atom. The average Bonchev–Trinajstić information content (AvgIpc) is 3.14. The third kappa shape index (κ3) is 5.67. The quantitative estimate of drug-likeness (QED) is 0.229. The smallest absolute Gasteiger partial charge is 0.295 e. The lowest BCUT2D eigenvalue weighted by atomic mass is 9.95. The molecule has 1 aliphatic rings. The van der Waals surface area contributed by atoms with Crippen LogP contribution in [-0.2, 0) is 16.1 Å². The Hall–Kier alpha value is -4.26. The first-order chi connectivity index (χ1) is 18.2. The van der Waals surface area contributed by atoms with Crippen LogP contribution in [0, 0.1) is 0 Å². The molecular formula is C31H34N2O5. The molecule has 3 aromatic carbocycles. The Kier molecular flexibility index (Phi) is 8.05. The predicted octanol–water partition coefficient (Wildman–Crippen LogP) is 5.56. The summed E-state index contributed by atoms with van der Waals surface area (Å²) in [4.78, 5) is 30.3. The van der Waals surface area contributed by atoms with Crippen molar-refractivity contribution in [2.45, 2.75) is 39.5 Å². The zero-order valence-electron chi connectivity index (χ0n) is 22.5. The van der Waals surface area contributed by atoms with Crippen LogP contribution in [0.15, 0.2) is 78.4 Å². The second kappa shape index (κ2) is 11.4. The number of benzene rings is 3. The van der Waals surface area contributed by atoms with Crippen molar-refractivity contribution in [1.82, 2.24) is 4.90 Å². The summed E-state index contributed by atoms with van der Waals surface area (Å²) in [6, 6.07) is 21.2. The number of ketones is 1. The predicted molar refractivity (Wildman–Crippen MR) is 148 cm³/mol. The average molecular weight is 515 g/mol. The number of nitrogens with zero attached hydrogens (tertiary/aromatic N) is 2. The fraction of sp³-hybridized carbons (Fsp3) is 0.290. The number of aliphatic hydroxyl groups excluding tert-OH is 1. The van der Waals surface area contributed by atoms with E-state index in [0.29, 0.717) is 23.7 Å². The lowest BCUT2D eigenvalue weighted by molar-refractivity contribution is -0.140. The van der Waals surface area contributed by atoms with Gasteiger partial charge in [-0.15, -0.1) is 0 Å². The topological polar surface area (TPSA) is 79.3 Å². The number of carbonyl (C=O) groups excluding carboxylic acids is 2. The maximum atomic E-state index is 13.4. The van der Waals surface area contributed by atoms with Gasteiger partial charge in [0.25, 0.3) is 11.7 Å². The molecule has 0 saturated carbocycles. The van der Waals surface area contributed by atoms with E-state index in [4.69, 9.17) is 9.47 Å². The molecule has 0 bridgehead atoms. The van der Waals surface area contributed by atoms with Gasteiger partial charge in [0.15, 0.2) is 0 Å². The molecule has 0 radical (unpaired) electrons. The Labute approximate surface area is 223 Å². The molecule has 3 aromatic rings. The summed E-state index contributed by atoms with van der Waals surface area (Å²) in [5.41, 5.74) is 3.04. The molecule has 1 saturated heterocycles. The second-order valence-electron chi connectivity index (χ2n) is 9.68. The number of anilines is 1. The molecule has 4 rings (SSSR count). The Bertz CT molecular complexity index is 1330. The highest BCUT2D eigenvalue weighted by molar-refractivity contribution is 6.46. The summed E-state index contributed by atoms with van der Waals surface area (Å²) in [6.07, 6.45) is 0.00568. The van der Waals surface area contributed by atoms with E-state index in [1.165, 1.54) is 4.90 Å². The zero-order valence-corrected chi connectivity index (χ0v) is 22.5. The highest BCUT2D eigenvalue weighted by Gasteiger charge is 2.46. The highest BCUT2D eigenvalue weighted by atomic mass is 16.5. The number of aliphatic hydroxyl groups is 1. The summed E-state index contributed by atoms with van der Waals surface area (Å²) in [5.74, 6) is -0.242. The third-order valence-electron chi connectivity index (χ3n) is 6.33. The summed E-state index contributed by atoms with van der Waals surface area (Å²) < 4.78 is 11.3. The minimum atomic E-state index is -0.756. The zero-order chi connectivity index (χ0) is 27.4. The fourth-order valence-corrected chi connectivity index (χ4v) is 4.56. The van der Waals surface area contributed by atoms with Gasteiger partial charge in [0.05, 0.1) is 24.3 Å². The highest BCUT2D eigenvalue weighted by Crippen LogP contribution is 2.41. The standard InChI is InChI=1S/C31H34N2O5/c1-6-37-26-9-7-8-21(18-26)19-33-28(22-10-14-24(15-11-22)32(4)5)27(30(35)31(33)36)29(34)23-12-16-25(17-13-23)38-20(2)3/h7-18,20,28,34H,6,19H2,1-5H3/b29-27-. The van der Waals surface area contributed by atoms with Crippen molar-refractivity contribution in [3.63, 3.8) is 0 Å². The van der Waals surface area contributed by atoms with Crippen molar-refractivity contribution >= 4 is 23.1 Å². The van der Waals surface area contributed by atoms with Gasteiger partial charge in [-0.1, -0.05) is 24.3 Å². The molecule has 1 amide bonds. The summed E-state index contributed by atoms with van der Waals surface area (Å²) in [7, 11) is 3.89. The molecule has 1 atom stereocenters. The van der Waals surface area contributed by atoms with Crippen molar-refractivity contribution < 1.29 is 24.2 Å². The molecule has 7 nitrogen and oxygen atoms in total. The van der Waals surface area contributed by atoms with Gasteiger partial charge in [-0.2, -0.15) is 0 Å². The van der Waals surface area contributed by atoms with Crippen LogP contribution < -0.4 is 14.4 Å². The number of carbonyl (C=O) groups is 2. The van der Waals surface area contributed by atoms with E-state index in [2.05, 4.69) is 0 Å². The van der Waals surface area contributed by atoms with Crippen molar-refractivity contribution in [2.24, 2.45) is 0 Å². The molecule has 0 aliphatic carbocycles. The Morgan fingerprint density at radius 3 is 2.26 bits per heavy atom. The molecule has 0 spiro atoms. The summed E-state index contributed by atoms with van der Waals surface area (Å²) in [5, 5.41) is 11.4. The van der Waals surface area contributed by atoms with Gasteiger partial charge in [-0.05, 0) is 80.4 Å². The van der Waals surface area contributed by atoms with Crippen LogP contribution in [0.5, 0.6) is 11.5 Å². The van der Waals surface area contributed by atoms with Crippen LogP contribution in [0.3, 0.4) is 0 Å². The molecule has 1 N–H and O–H groups in total. The maximum Gasteiger partial charge on any atom is 0.295 e. The number of ether oxygens (including phenoxy) is 2. The number of likely N-dealkylation sites (tertiary alicyclic amines) is 1. The maximum absolute atomic E-state index is 13.4. The van der Waals surface area contributed by atoms with E-state index in [9.17, 15) is 14.7 Å². The van der Waals surface area contributed by atoms with E-state index in [-0.39, 0.29) is 24.0 Å². The SMILES string of the molecule is CCOc1cccc(CN2C(=O)C(=O)/C(=C(\O)c3ccc(OC(C)C)cc3)C2c2ccc(N(C)C)cc2)c1. The molecule has 7 heteroatoms. The van der Waals surface area contributed by atoms with E-state index in [0.717, 1.165) is 16.8 Å². The monoisotopic (exact) mass is 514 g/mol. The second-order valence-corrected chi connectivity index (χ2v) is 9.68. The van der Waals surface area contributed by atoms with E-state index in [1.54, 1.807) is 24.3 Å². The van der Waals surface area contributed by atoms with Gasteiger partial charge in [0.1, 0.15) is 17.3 Å². The lowest BCUT2D eigenvalue weighted by Crippen LogP contribution is -2.29. The first kappa shape index (κ1) is 26.8.